The molecule has 0 amide bonds. The predicted octanol–water partition coefficient (Wildman–Crippen LogP) is 5.07. The smallest absolute Gasteiger partial charge is 0.218 e. The maximum absolute atomic E-state index is 5.84. The summed E-state index contributed by atoms with van der Waals surface area (Å²) < 4.78 is 20.8. The zero-order valence-electron chi connectivity index (χ0n) is 21.9. The van der Waals surface area contributed by atoms with Crippen LogP contribution in [0.4, 0.5) is 5.82 Å². The summed E-state index contributed by atoms with van der Waals surface area (Å²) in [4.78, 5) is 9.53. The van der Waals surface area contributed by atoms with Crippen molar-refractivity contribution in [2.45, 2.75) is 25.0 Å². The van der Waals surface area contributed by atoms with Crippen molar-refractivity contribution in [1.29, 1.82) is 0 Å². The summed E-state index contributed by atoms with van der Waals surface area (Å²) in [6.45, 7) is 0. The van der Waals surface area contributed by atoms with Gasteiger partial charge in [-0.25, -0.2) is 14.5 Å². The van der Waals surface area contributed by atoms with E-state index < -0.39 is 0 Å². The minimum atomic E-state index is 0.251. The van der Waals surface area contributed by atoms with Gasteiger partial charge in [0.1, 0.15) is 5.52 Å². The van der Waals surface area contributed by atoms with Crippen LogP contribution in [0.5, 0.6) is 11.5 Å². The highest BCUT2D eigenvalue weighted by Crippen LogP contribution is 2.46. The highest BCUT2D eigenvalue weighted by Gasteiger charge is 2.31. The number of hydrogen-bond donors (Lipinski definition) is 1. The van der Waals surface area contributed by atoms with E-state index >= 15 is 0 Å². The summed E-state index contributed by atoms with van der Waals surface area (Å²) in [6, 6.07) is 16.5. The Labute approximate surface area is 221 Å². The lowest BCUT2D eigenvalue weighted by Gasteiger charge is -2.35. The molecule has 194 valence electrons. The van der Waals surface area contributed by atoms with Gasteiger partial charge in [0, 0.05) is 55.5 Å². The first kappa shape index (κ1) is 24.0. The van der Waals surface area contributed by atoms with E-state index in [2.05, 4.69) is 22.4 Å². The van der Waals surface area contributed by atoms with Crippen molar-refractivity contribution in [3.63, 3.8) is 0 Å². The highest BCUT2D eigenvalue weighted by molar-refractivity contribution is 6.00. The summed E-state index contributed by atoms with van der Waals surface area (Å²) in [5, 5.41) is 8.63. The van der Waals surface area contributed by atoms with Crippen molar-refractivity contribution < 1.29 is 14.2 Å². The lowest BCUT2D eigenvalue weighted by Crippen LogP contribution is -2.40. The third kappa shape index (κ3) is 4.05. The van der Waals surface area contributed by atoms with E-state index in [4.69, 9.17) is 24.3 Å². The Morgan fingerprint density at radius 1 is 0.947 bits per heavy atom. The third-order valence-corrected chi connectivity index (χ3v) is 7.18. The number of rotatable bonds is 8. The number of para-hydroxylation sites is 1. The molecular weight excluding hydrogens is 480 g/mol. The fourth-order valence-electron chi connectivity index (χ4n) is 5.13. The summed E-state index contributed by atoms with van der Waals surface area (Å²) in [5.74, 6) is 3.31. The van der Waals surface area contributed by atoms with Gasteiger partial charge in [0.15, 0.2) is 23.1 Å². The van der Waals surface area contributed by atoms with Crippen LogP contribution < -0.4 is 14.8 Å². The molecule has 2 aromatic carbocycles. The van der Waals surface area contributed by atoms with E-state index in [9.17, 15) is 0 Å². The SMILES string of the molecule is COc1cccc(-c2cn3nc(-c4nccn4C)nc(NC4CC(OC)C4)c3c2-c2ccccc2)c1OC. The second-order valence-electron chi connectivity index (χ2n) is 9.43. The lowest BCUT2D eigenvalue weighted by molar-refractivity contribution is 0.0328. The van der Waals surface area contributed by atoms with Crippen LogP contribution >= 0.6 is 0 Å². The molecule has 0 bridgehead atoms. The Bertz CT molecular complexity index is 1590. The predicted molar refractivity (Wildman–Crippen MR) is 147 cm³/mol. The Morgan fingerprint density at radius 2 is 1.76 bits per heavy atom. The molecule has 0 saturated heterocycles. The Kier molecular flexibility index (Phi) is 6.21. The van der Waals surface area contributed by atoms with E-state index in [1.807, 2.05) is 64.9 Å². The van der Waals surface area contributed by atoms with Gasteiger partial charge in [-0.15, -0.1) is 5.10 Å². The molecule has 3 aromatic heterocycles. The summed E-state index contributed by atoms with van der Waals surface area (Å²) in [7, 11) is 7.01. The number of ether oxygens (including phenoxy) is 3. The van der Waals surface area contributed by atoms with Gasteiger partial charge < -0.3 is 24.1 Å². The van der Waals surface area contributed by atoms with E-state index in [-0.39, 0.29) is 12.1 Å². The number of nitrogens with one attached hydrogen (secondary N) is 1. The second kappa shape index (κ2) is 9.83. The maximum atomic E-state index is 5.84. The normalized spacial score (nSPS) is 16.8. The first-order chi connectivity index (χ1) is 18.6. The maximum Gasteiger partial charge on any atom is 0.218 e. The van der Waals surface area contributed by atoms with Crippen LogP contribution in [0.1, 0.15) is 12.8 Å². The van der Waals surface area contributed by atoms with Crippen molar-refractivity contribution in [2.75, 3.05) is 26.6 Å². The first-order valence-electron chi connectivity index (χ1n) is 12.6. The average molecular weight is 511 g/mol. The first-order valence-corrected chi connectivity index (χ1v) is 12.6. The van der Waals surface area contributed by atoms with Crippen LogP contribution in [0.2, 0.25) is 0 Å². The number of anilines is 1. The molecular formula is C29H30N6O3. The number of aryl methyl sites for hydroxylation is 1. The summed E-state index contributed by atoms with van der Waals surface area (Å²) in [6.07, 6.45) is 7.78. The Balaban J connectivity index is 1.64. The molecule has 0 atom stereocenters. The molecule has 9 heteroatoms. The summed E-state index contributed by atoms with van der Waals surface area (Å²) >= 11 is 0. The van der Waals surface area contributed by atoms with Crippen molar-refractivity contribution in [2.24, 2.45) is 7.05 Å². The van der Waals surface area contributed by atoms with Crippen molar-refractivity contribution >= 4 is 11.3 Å². The number of fused-ring (bicyclic) bond motifs is 1. The van der Waals surface area contributed by atoms with Gasteiger partial charge in [0.05, 0.1) is 20.3 Å². The third-order valence-electron chi connectivity index (χ3n) is 7.18. The molecule has 0 spiro atoms. The monoisotopic (exact) mass is 510 g/mol. The van der Waals surface area contributed by atoms with Crippen LogP contribution in [0, 0.1) is 0 Å². The van der Waals surface area contributed by atoms with E-state index in [0.29, 0.717) is 23.1 Å². The van der Waals surface area contributed by atoms with E-state index in [1.54, 1.807) is 27.5 Å². The van der Waals surface area contributed by atoms with E-state index in [1.165, 1.54) is 0 Å². The fourth-order valence-corrected chi connectivity index (χ4v) is 5.13. The minimum absolute atomic E-state index is 0.251. The topological polar surface area (TPSA) is 87.7 Å². The van der Waals surface area contributed by atoms with Crippen molar-refractivity contribution in [1.82, 2.24) is 24.1 Å². The number of nitrogens with zero attached hydrogens (tertiary/aromatic N) is 5. The van der Waals surface area contributed by atoms with E-state index in [0.717, 1.165) is 46.4 Å². The van der Waals surface area contributed by atoms with Gasteiger partial charge in [-0.3, -0.25) is 0 Å². The van der Waals surface area contributed by atoms with Crippen LogP contribution in [-0.4, -0.2) is 57.6 Å². The minimum Gasteiger partial charge on any atom is -0.493 e. The standard InChI is InChI=1S/C29H30N6O3/c1-34-14-13-30-29(34)28-32-27(31-19-15-20(16-19)36-2)25-24(18-9-6-5-7-10-18)22(17-35(25)33-28)21-11-8-12-23(37-3)26(21)38-4/h5-14,17,19-20H,15-16H2,1-4H3,(H,31,32,33). The molecule has 1 saturated carbocycles. The van der Waals surface area contributed by atoms with Gasteiger partial charge in [-0.05, 0) is 24.5 Å². The largest absolute Gasteiger partial charge is 0.493 e. The molecule has 0 aliphatic heterocycles. The second-order valence-corrected chi connectivity index (χ2v) is 9.43. The summed E-state index contributed by atoms with van der Waals surface area (Å²) in [5.41, 5.74) is 4.81. The molecule has 0 radical (unpaired) electrons. The van der Waals surface area contributed by atoms with Gasteiger partial charge in [-0.2, -0.15) is 0 Å². The zero-order chi connectivity index (χ0) is 26.2. The van der Waals surface area contributed by atoms with Crippen LogP contribution in [0.25, 0.3) is 39.4 Å². The van der Waals surface area contributed by atoms with Gasteiger partial charge >= 0.3 is 0 Å². The van der Waals surface area contributed by atoms with Gasteiger partial charge in [-0.1, -0.05) is 42.5 Å². The van der Waals surface area contributed by atoms with Crippen LogP contribution in [0.3, 0.4) is 0 Å². The molecule has 38 heavy (non-hydrogen) atoms. The molecule has 5 aromatic rings. The molecule has 1 aliphatic rings. The number of imidazole rings is 1. The van der Waals surface area contributed by atoms with Gasteiger partial charge in [0.25, 0.3) is 0 Å². The van der Waals surface area contributed by atoms with Crippen LogP contribution in [0.15, 0.2) is 67.1 Å². The molecule has 0 unspecified atom stereocenters. The molecule has 1 aliphatic carbocycles. The molecule has 1 N–H and O–H groups in total. The fraction of sp³-hybridized carbons (Fsp3) is 0.276. The molecule has 6 rings (SSSR count). The molecule has 3 heterocycles. The number of hydrogen-bond acceptors (Lipinski definition) is 7. The van der Waals surface area contributed by atoms with Crippen molar-refractivity contribution in [3.05, 3.63) is 67.1 Å². The molecule has 1 fully saturated rings. The van der Waals surface area contributed by atoms with Crippen molar-refractivity contribution in [3.8, 4) is 45.4 Å². The number of benzene rings is 2. The lowest BCUT2D eigenvalue weighted by atomic mass is 9.89. The number of methoxy groups -OCH3 is 3. The average Bonchev–Trinajstić information content (AvgIpc) is 3.53. The van der Waals surface area contributed by atoms with Gasteiger partial charge in [0.2, 0.25) is 5.82 Å². The highest BCUT2D eigenvalue weighted by atomic mass is 16.5. The van der Waals surface area contributed by atoms with Crippen LogP contribution in [-0.2, 0) is 11.8 Å². The quantitative estimate of drug-likeness (QED) is 0.312. The molecule has 9 nitrogen and oxygen atoms in total. The number of aromatic nitrogens is 5. The zero-order valence-corrected chi connectivity index (χ0v) is 21.9. The Hall–Kier alpha value is -4.37. The Morgan fingerprint density at radius 3 is 2.45 bits per heavy atom.